The van der Waals surface area contributed by atoms with Gasteiger partial charge in [-0.05, 0) is 50.5 Å². The van der Waals surface area contributed by atoms with Crippen molar-refractivity contribution in [3.8, 4) is 10.8 Å². The Morgan fingerprint density at radius 3 is 2.78 bits per heavy atom. The number of fused-ring (bicyclic) bond motifs is 1. The molecule has 8 heteroatoms. The fourth-order valence-electron chi connectivity index (χ4n) is 3.44. The van der Waals surface area contributed by atoms with Crippen LogP contribution in [0.15, 0.2) is 40.8 Å². The summed E-state index contributed by atoms with van der Waals surface area (Å²) in [5, 5.41) is 0.794. The minimum Gasteiger partial charge on any atom is -0.448 e. The van der Waals surface area contributed by atoms with Gasteiger partial charge in [-0.15, -0.1) is 36.2 Å². The van der Waals surface area contributed by atoms with Crippen LogP contribution in [0, 0.1) is 0 Å². The van der Waals surface area contributed by atoms with Crippen molar-refractivity contribution in [2.75, 3.05) is 6.54 Å². The maximum atomic E-state index is 12.9. The van der Waals surface area contributed by atoms with Crippen LogP contribution in [-0.2, 0) is 0 Å². The van der Waals surface area contributed by atoms with Gasteiger partial charge >= 0.3 is 0 Å². The molecule has 0 bridgehead atoms. The number of carbonyl (C=O) groups excluding carboxylic acids is 1. The van der Waals surface area contributed by atoms with Gasteiger partial charge in [0.15, 0.2) is 16.5 Å². The third kappa shape index (κ3) is 4.29. The van der Waals surface area contributed by atoms with E-state index in [0.717, 1.165) is 41.0 Å². The van der Waals surface area contributed by atoms with Crippen LogP contribution in [-0.4, -0.2) is 34.4 Å². The van der Waals surface area contributed by atoms with Crippen LogP contribution < -0.4 is 5.73 Å². The summed E-state index contributed by atoms with van der Waals surface area (Å²) >= 11 is 1.57. The van der Waals surface area contributed by atoms with E-state index in [1.807, 2.05) is 42.2 Å². The molecular weight excluding hydrogens is 405 g/mol. The maximum absolute atomic E-state index is 12.9. The Morgan fingerprint density at radius 1 is 1.26 bits per heavy atom. The molecule has 1 aliphatic rings. The lowest BCUT2D eigenvalue weighted by molar-refractivity contribution is 0.0552. The van der Waals surface area contributed by atoms with Crippen LogP contribution in [0.4, 0.5) is 0 Å². The Bertz CT molecular complexity index is 876. The number of halogens is 2. The zero-order valence-electron chi connectivity index (χ0n) is 15.0. The summed E-state index contributed by atoms with van der Waals surface area (Å²) < 4.78 is 6.96. The quantitative estimate of drug-likeness (QED) is 0.654. The number of amides is 1. The molecule has 1 aromatic carbocycles. The molecule has 27 heavy (non-hydrogen) atoms. The van der Waals surface area contributed by atoms with E-state index in [0.29, 0.717) is 11.5 Å². The highest BCUT2D eigenvalue weighted by atomic mass is 35.5. The third-order valence-electron chi connectivity index (χ3n) is 4.74. The van der Waals surface area contributed by atoms with Gasteiger partial charge in [-0.3, -0.25) is 4.79 Å². The standard InChI is InChI=1S/C19H21N3O2S.2ClH/c1-12(20)14-7-4-5-11-22(14)19(23)16-10-9-15(24-16)18-21-13-6-2-3-8-17(13)25-18;;/h2-3,6,8-10,12,14H,4-5,7,11,20H2,1H3;2*1H. The number of hydrogen-bond acceptors (Lipinski definition) is 5. The topological polar surface area (TPSA) is 72.4 Å². The summed E-state index contributed by atoms with van der Waals surface area (Å²) in [6, 6.07) is 11.6. The van der Waals surface area contributed by atoms with Gasteiger partial charge in [-0.25, -0.2) is 4.98 Å². The second kappa shape index (κ2) is 9.06. The maximum Gasteiger partial charge on any atom is 0.289 e. The number of thiazole rings is 1. The Hall–Kier alpha value is -1.60. The van der Waals surface area contributed by atoms with Gasteiger partial charge in [0.25, 0.3) is 5.91 Å². The van der Waals surface area contributed by atoms with Crippen molar-refractivity contribution in [3.63, 3.8) is 0 Å². The van der Waals surface area contributed by atoms with Gasteiger partial charge in [0.1, 0.15) is 0 Å². The average molecular weight is 428 g/mol. The lowest BCUT2D eigenvalue weighted by Crippen LogP contribution is -2.51. The summed E-state index contributed by atoms with van der Waals surface area (Å²) in [5.74, 6) is 0.926. The van der Waals surface area contributed by atoms with Crippen molar-refractivity contribution < 1.29 is 9.21 Å². The number of aromatic nitrogens is 1. The summed E-state index contributed by atoms with van der Waals surface area (Å²) in [7, 11) is 0. The third-order valence-corrected chi connectivity index (χ3v) is 5.79. The van der Waals surface area contributed by atoms with Gasteiger partial charge < -0.3 is 15.1 Å². The molecule has 3 heterocycles. The van der Waals surface area contributed by atoms with Crippen molar-refractivity contribution in [1.82, 2.24) is 9.88 Å². The molecule has 0 saturated carbocycles. The van der Waals surface area contributed by atoms with Crippen molar-refractivity contribution in [2.24, 2.45) is 5.73 Å². The van der Waals surface area contributed by atoms with Crippen LogP contribution in [0.1, 0.15) is 36.7 Å². The number of para-hydroxylation sites is 1. The fourth-order valence-corrected chi connectivity index (χ4v) is 4.37. The SMILES string of the molecule is CC(N)C1CCCCN1C(=O)c1ccc(-c2nc3ccccc3s2)o1.Cl.Cl. The minimum atomic E-state index is -0.0747. The first-order valence-corrected chi connectivity index (χ1v) is 9.47. The van der Waals surface area contributed by atoms with Gasteiger partial charge in [0, 0.05) is 18.6 Å². The first-order valence-electron chi connectivity index (χ1n) is 8.66. The number of nitrogens with zero attached hydrogens (tertiary/aromatic N) is 2. The summed E-state index contributed by atoms with van der Waals surface area (Å²) in [6.07, 6.45) is 3.08. The molecule has 146 valence electrons. The van der Waals surface area contributed by atoms with Gasteiger partial charge in [0.2, 0.25) is 0 Å². The molecule has 2 aromatic heterocycles. The Balaban J connectivity index is 0.00000131. The Kier molecular flexibility index (Phi) is 7.28. The Morgan fingerprint density at radius 2 is 2.04 bits per heavy atom. The number of furan rings is 1. The van der Waals surface area contributed by atoms with Crippen molar-refractivity contribution in [1.29, 1.82) is 0 Å². The van der Waals surface area contributed by atoms with Gasteiger partial charge in [-0.1, -0.05) is 12.1 Å². The molecule has 0 spiro atoms. The van der Waals surface area contributed by atoms with E-state index in [9.17, 15) is 4.79 Å². The lowest BCUT2D eigenvalue weighted by atomic mass is 9.96. The zero-order valence-corrected chi connectivity index (χ0v) is 17.4. The minimum absolute atomic E-state index is 0. The number of carbonyl (C=O) groups is 1. The van der Waals surface area contributed by atoms with E-state index in [2.05, 4.69) is 4.98 Å². The van der Waals surface area contributed by atoms with E-state index in [1.165, 1.54) is 0 Å². The molecular formula is C19H23Cl2N3O2S. The highest BCUT2D eigenvalue weighted by Gasteiger charge is 2.31. The predicted molar refractivity (Wildman–Crippen MR) is 114 cm³/mol. The first kappa shape index (κ1) is 21.7. The fraction of sp³-hybridized carbons (Fsp3) is 0.368. The average Bonchev–Trinajstić information content (AvgIpc) is 3.27. The van der Waals surface area contributed by atoms with Gasteiger partial charge in [0.05, 0.1) is 10.2 Å². The highest BCUT2D eigenvalue weighted by Crippen LogP contribution is 2.32. The molecule has 1 fully saturated rings. The number of nitrogens with two attached hydrogens (primary N) is 1. The molecule has 4 rings (SSSR count). The van der Waals surface area contributed by atoms with E-state index < -0.39 is 0 Å². The van der Waals surface area contributed by atoms with Crippen LogP contribution in [0.25, 0.3) is 21.0 Å². The summed E-state index contributed by atoms with van der Waals surface area (Å²) in [6.45, 7) is 2.70. The van der Waals surface area contributed by atoms with E-state index in [1.54, 1.807) is 17.4 Å². The van der Waals surface area contributed by atoms with Crippen LogP contribution in [0.5, 0.6) is 0 Å². The molecule has 2 N–H and O–H groups in total. The number of piperidine rings is 1. The number of benzene rings is 1. The van der Waals surface area contributed by atoms with E-state index >= 15 is 0 Å². The molecule has 0 aliphatic carbocycles. The number of rotatable bonds is 3. The van der Waals surface area contributed by atoms with Crippen molar-refractivity contribution >= 4 is 52.3 Å². The number of likely N-dealkylation sites (tertiary alicyclic amines) is 1. The molecule has 2 unspecified atom stereocenters. The molecule has 0 radical (unpaired) electrons. The smallest absolute Gasteiger partial charge is 0.289 e. The predicted octanol–water partition coefficient (Wildman–Crippen LogP) is 4.74. The largest absolute Gasteiger partial charge is 0.448 e. The molecule has 1 saturated heterocycles. The van der Waals surface area contributed by atoms with Crippen molar-refractivity contribution in [2.45, 2.75) is 38.3 Å². The summed E-state index contributed by atoms with van der Waals surface area (Å²) in [5.41, 5.74) is 7.02. The zero-order chi connectivity index (χ0) is 17.4. The Labute approximate surface area is 174 Å². The molecule has 5 nitrogen and oxygen atoms in total. The molecule has 3 aromatic rings. The number of hydrogen-bond donors (Lipinski definition) is 1. The second-order valence-electron chi connectivity index (χ2n) is 6.57. The van der Waals surface area contributed by atoms with Crippen LogP contribution >= 0.6 is 36.2 Å². The van der Waals surface area contributed by atoms with Crippen LogP contribution in [0.2, 0.25) is 0 Å². The van der Waals surface area contributed by atoms with Crippen LogP contribution in [0.3, 0.4) is 0 Å². The summed E-state index contributed by atoms with van der Waals surface area (Å²) in [4.78, 5) is 19.4. The van der Waals surface area contributed by atoms with Gasteiger partial charge in [-0.2, -0.15) is 0 Å². The molecule has 2 atom stereocenters. The normalized spacial score (nSPS) is 17.9. The van der Waals surface area contributed by atoms with E-state index in [-0.39, 0.29) is 42.8 Å². The van der Waals surface area contributed by atoms with E-state index in [4.69, 9.17) is 10.2 Å². The highest BCUT2D eigenvalue weighted by molar-refractivity contribution is 7.21. The molecule has 1 amide bonds. The van der Waals surface area contributed by atoms with Crippen molar-refractivity contribution in [3.05, 3.63) is 42.2 Å². The first-order chi connectivity index (χ1) is 12.1. The molecule has 1 aliphatic heterocycles. The second-order valence-corrected chi connectivity index (χ2v) is 7.60. The lowest BCUT2D eigenvalue weighted by Gasteiger charge is -2.37. The monoisotopic (exact) mass is 427 g/mol.